The molecule has 0 aliphatic carbocycles. The Morgan fingerprint density at radius 2 is 1.56 bits per heavy atom. The van der Waals surface area contributed by atoms with Crippen LogP contribution in [-0.2, 0) is 16.0 Å². The predicted molar refractivity (Wildman–Crippen MR) is 97.6 cm³/mol. The number of ether oxygens (including phenoxy) is 1. The maximum Gasteiger partial charge on any atom is 0.325 e. The zero-order valence-corrected chi connectivity index (χ0v) is 15.3. The second-order valence-corrected chi connectivity index (χ2v) is 6.24. The summed E-state index contributed by atoms with van der Waals surface area (Å²) in [5, 5.41) is 2.46. The van der Waals surface area contributed by atoms with Crippen molar-refractivity contribution in [2.24, 2.45) is 0 Å². The van der Waals surface area contributed by atoms with E-state index in [-0.39, 0.29) is 24.8 Å². The fraction of sp³-hybridized carbons (Fsp3) is 0.211. The van der Waals surface area contributed by atoms with Crippen LogP contribution in [0.1, 0.15) is 33.2 Å². The molecule has 130 valence electrons. The summed E-state index contributed by atoms with van der Waals surface area (Å²) >= 11 is 3.28. The van der Waals surface area contributed by atoms with Crippen molar-refractivity contribution in [1.29, 1.82) is 0 Å². The summed E-state index contributed by atoms with van der Waals surface area (Å²) in [4.78, 5) is 35.5. The normalized spacial score (nSPS) is 10.2. The molecule has 5 nitrogen and oxygen atoms in total. The van der Waals surface area contributed by atoms with Crippen molar-refractivity contribution in [1.82, 2.24) is 5.32 Å². The van der Waals surface area contributed by atoms with Gasteiger partial charge in [0, 0.05) is 15.6 Å². The minimum Gasteiger partial charge on any atom is -0.456 e. The molecular weight excluding hydrogens is 386 g/mol. The summed E-state index contributed by atoms with van der Waals surface area (Å²) in [7, 11) is 0. The first-order valence-corrected chi connectivity index (χ1v) is 8.60. The summed E-state index contributed by atoms with van der Waals surface area (Å²) in [6, 6.07) is 13.9. The summed E-state index contributed by atoms with van der Waals surface area (Å²) in [6.07, 6.45) is 0.890. The van der Waals surface area contributed by atoms with E-state index in [2.05, 4.69) is 21.2 Å². The molecule has 0 aliphatic rings. The molecule has 1 N–H and O–H groups in total. The third-order valence-corrected chi connectivity index (χ3v) is 4.08. The molecule has 0 heterocycles. The van der Waals surface area contributed by atoms with Crippen LogP contribution in [0.25, 0.3) is 0 Å². The Labute approximate surface area is 154 Å². The molecule has 2 aromatic rings. The maximum absolute atomic E-state index is 12.0. The molecule has 0 aromatic heterocycles. The van der Waals surface area contributed by atoms with Crippen LogP contribution in [0, 0.1) is 0 Å². The Bertz CT molecular complexity index is 754. The standard InChI is InChI=1S/C19H18BrNO4/c1-2-13-3-5-14(6-4-13)17(22)12-25-18(23)11-21-19(24)15-7-9-16(20)10-8-15/h3-10H,2,11-12H2,1H3,(H,21,24). The Morgan fingerprint density at radius 1 is 0.960 bits per heavy atom. The molecule has 0 aliphatic heterocycles. The first-order chi connectivity index (χ1) is 12.0. The van der Waals surface area contributed by atoms with Crippen molar-refractivity contribution >= 4 is 33.6 Å². The molecular formula is C19H18BrNO4. The van der Waals surface area contributed by atoms with Crippen LogP contribution in [-0.4, -0.2) is 30.8 Å². The zero-order valence-electron chi connectivity index (χ0n) is 13.8. The number of amides is 1. The molecule has 0 radical (unpaired) electrons. The lowest BCUT2D eigenvalue weighted by Gasteiger charge is -2.07. The van der Waals surface area contributed by atoms with E-state index in [9.17, 15) is 14.4 Å². The number of hydrogen-bond acceptors (Lipinski definition) is 4. The van der Waals surface area contributed by atoms with Gasteiger partial charge in [0.2, 0.25) is 0 Å². The van der Waals surface area contributed by atoms with E-state index >= 15 is 0 Å². The number of carbonyl (C=O) groups excluding carboxylic acids is 3. The van der Waals surface area contributed by atoms with Gasteiger partial charge in [-0.3, -0.25) is 14.4 Å². The van der Waals surface area contributed by atoms with Gasteiger partial charge in [-0.1, -0.05) is 47.1 Å². The van der Waals surface area contributed by atoms with Crippen molar-refractivity contribution < 1.29 is 19.1 Å². The molecule has 0 saturated heterocycles. The fourth-order valence-electron chi connectivity index (χ4n) is 2.06. The number of rotatable bonds is 7. The van der Waals surface area contributed by atoms with E-state index in [1.807, 2.05) is 19.1 Å². The SMILES string of the molecule is CCc1ccc(C(=O)COC(=O)CNC(=O)c2ccc(Br)cc2)cc1. The van der Waals surface area contributed by atoms with Crippen molar-refractivity contribution in [3.8, 4) is 0 Å². The number of carbonyl (C=O) groups is 3. The van der Waals surface area contributed by atoms with E-state index in [1.165, 1.54) is 0 Å². The van der Waals surface area contributed by atoms with Crippen LogP contribution in [0.4, 0.5) is 0 Å². The van der Waals surface area contributed by atoms with Gasteiger partial charge in [-0.2, -0.15) is 0 Å². The van der Waals surface area contributed by atoms with Crippen LogP contribution >= 0.6 is 15.9 Å². The Kier molecular flexibility index (Phi) is 6.89. The number of halogens is 1. The van der Waals surface area contributed by atoms with E-state index in [4.69, 9.17) is 4.74 Å². The van der Waals surface area contributed by atoms with Crippen LogP contribution in [0.3, 0.4) is 0 Å². The third-order valence-electron chi connectivity index (χ3n) is 3.55. The van der Waals surface area contributed by atoms with Gasteiger partial charge in [-0.25, -0.2) is 0 Å². The Hall–Kier alpha value is -2.47. The lowest BCUT2D eigenvalue weighted by atomic mass is 10.1. The highest BCUT2D eigenvalue weighted by molar-refractivity contribution is 9.10. The average Bonchev–Trinajstić information content (AvgIpc) is 2.64. The molecule has 6 heteroatoms. The van der Waals surface area contributed by atoms with Gasteiger partial charge in [0.05, 0.1) is 0 Å². The lowest BCUT2D eigenvalue weighted by Crippen LogP contribution is -2.31. The number of benzene rings is 2. The quantitative estimate of drug-likeness (QED) is 0.569. The summed E-state index contributed by atoms with van der Waals surface area (Å²) < 4.78 is 5.76. The predicted octanol–water partition coefficient (Wildman–Crippen LogP) is 3.17. The molecule has 0 atom stereocenters. The molecule has 2 rings (SSSR count). The van der Waals surface area contributed by atoms with Gasteiger partial charge in [0.15, 0.2) is 12.4 Å². The van der Waals surface area contributed by atoms with Gasteiger partial charge in [-0.05, 0) is 36.2 Å². The van der Waals surface area contributed by atoms with E-state index in [0.29, 0.717) is 11.1 Å². The molecule has 25 heavy (non-hydrogen) atoms. The summed E-state index contributed by atoms with van der Waals surface area (Å²) in [5.41, 5.74) is 2.05. The monoisotopic (exact) mass is 403 g/mol. The molecule has 1 amide bonds. The Balaban J connectivity index is 1.77. The van der Waals surface area contributed by atoms with Gasteiger partial charge in [0.25, 0.3) is 5.91 Å². The maximum atomic E-state index is 12.0. The number of ketones is 1. The summed E-state index contributed by atoms with van der Waals surface area (Å²) in [6.45, 7) is 1.39. The Morgan fingerprint density at radius 3 is 2.16 bits per heavy atom. The van der Waals surface area contributed by atoms with E-state index < -0.39 is 5.97 Å². The number of esters is 1. The fourth-order valence-corrected chi connectivity index (χ4v) is 2.33. The van der Waals surface area contributed by atoms with E-state index in [1.54, 1.807) is 36.4 Å². The van der Waals surface area contributed by atoms with Gasteiger partial charge >= 0.3 is 5.97 Å². The van der Waals surface area contributed by atoms with Gasteiger partial charge < -0.3 is 10.1 Å². The van der Waals surface area contributed by atoms with Crippen LogP contribution in [0.15, 0.2) is 53.0 Å². The second kappa shape index (κ2) is 9.13. The largest absolute Gasteiger partial charge is 0.456 e. The minimum atomic E-state index is -0.663. The zero-order chi connectivity index (χ0) is 18.2. The third kappa shape index (κ3) is 5.83. The highest BCUT2D eigenvalue weighted by Gasteiger charge is 2.12. The first-order valence-electron chi connectivity index (χ1n) is 7.81. The molecule has 0 fully saturated rings. The highest BCUT2D eigenvalue weighted by atomic mass is 79.9. The van der Waals surface area contributed by atoms with Crippen molar-refractivity contribution in [2.75, 3.05) is 13.2 Å². The number of aryl methyl sites for hydroxylation is 1. The van der Waals surface area contributed by atoms with Crippen molar-refractivity contribution in [2.45, 2.75) is 13.3 Å². The lowest BCUT2D eigenvalue weighted by molar-refractivity contribution is -0.141. The van der Waals surface area contributed by atoms with Crippen LogP contribution in [0.2, 0.25) is 0 Å². The molecule has 0 spiro atoms. The smallest absolute Gasteiger partial charge is 0.325 e. The van der Waals surface area contributed by atoms with Gasteiger partial charge in [-0.15, -0.1) is 0 Å². The molecule has 0 unspecified atom stereocenters. The summed E-state index contributed by atoms with van der Waals surface area (Å²) in [5.74, 6) is -1.33. The molecule has 0 saturated carbocycles. The minimum absolute atomic E-state index is 0.282. The first kappa shape index (κ1) is 18.9. The second-order valence-electron chi connectivity index (χ2n) is 5.32. The van der Waals surface area contributed by atoms with Gasteiger partial charge in [0.1, 0.15) is 6.54 Å². The van der Waals surface area contributed by atoms with Crippen molar-refractivity contribution in [3.63, 3.8) is 0 Å². The number of hydrogen-bond donors (Lipinski definition) is 1. The van der Waals surface area contributed by atoms with Crippen molar-refractivity contribution in [3.05, 3.63) is 69.7 Å². The van der Waals surface area contributed by atoms with E-state index in [0.717, 1.165) is 16.5 Å². The number of nitrogens with one attached hydrogen (secondary N) is 1. The number of Topliss-reactive ketones (excluding diaryl/α,β-unsaturated/α-hetero) is 1. The highest BCUT2D eigenvalue weighted by Crippen LogP contribution is 2.10. The average molecular weight is 404 g/mol. The molecule has 0 bridgehead atoms. The molecule has 2 aromatic carbocycles. The van der Waals surface area contributed by atoms with Crippen LogP contribution < -0.4 is 5.32 Å². The topological polar surface area (TPSA) is 72.5 Å². The van der Waals surface area contributed by atoms with Crippen LogP contribution in [0.5, 0.6) is 0 Å².